The number of nitrogens with two attached hydrogens (primary N) is 1. The first kappa shape index (κ1) is 16.5. The molecule has 0 radical (unpaired) electrons. The lowest BCUT2D eigenvalue weighted by Crippen LogP contribution is -2.30. The van der Waals surface area contributed by atoms with Crippen LogP contribution in [0.4, 0.5) is 13.2 Å². The van der Waals surface area contributed by atoms with Crippen LogP contribution in [0.5, 0.6) is 0 Å². The zero-order valence-electron chi connectivity index (χ0n) is 10.6. The molecule has 2 atom stereocenters. The predicted molar refractivity (Wildman–Crippen MR) is 71.8 cm³/mol. The van der Waals surface area contributed by atoms with Gasteiger partial charge >= 0.3 is 6.18 Å². The molecule has 0 saturated carbocycles. The topological polar surface area (TPSA) is 35.2 Å². The quantitative estimate of drug-likeness (QED) is 0.843. The smallest absolute Gasteiger partial charge is 0.372 e. The highest BCUT2D eigenvalue weighted by atomic mass is 79.9. The van der Waals surface area contributed by atoms with Crippen LogP contribution in [-0.4, -0.2) is 18.8 Å². The Hall–Kier alpha value is -0.590. The molecule has 0 fully saturated rings. The Morgan fingerprint density at radius 2 is 1.84 bits per heavy atom. The average molecular weight is 340 g/mol. The highest BCUT2D eigenvalue weighted by molar-refractivity contribution is 9.10. The van der Waals surface area contributed by atoms with E-state index >= 15 is 0 Å². The molecular formula is C13H17BrF3NO. The fourth-order valence-electron chi connectivity index (χ4n) is 1.64. The van der Waals surface area contributed by atoms with Crippen LogP contribution in [0.3, 0.4) is 0 Å². The van der Waals surface area contributed by atoms with Crippen LogP contribution in [0.15, 0.2) is 28.7 Å². The molecule has 0 bridgehead atoms. The summed E-state index contributed by atoms with van der Waals surface area (Å²) in [7, 11) is 0. The van der Waals surface area contributed by atoms with Crippen LogP contribution >= 0.6 is 15.9 Å². The Kier molecular flexibility index (Phi) is 6.29. The van der Waals surface area contributed by atoms with E-state index in [9.17, 15) is 13.2 Å². The summed E-state index contributed by atoms with van der Waals surface area (Å²) in [6, 6.07) is 6.92. The van der Waals surface area contributed by atoms with Gasteiger partial charge < -0.3 is 10.5 Å². The van der Waals surface area contributed by atoms with Crippen molar-refractivity contribution < 1.29 is 17.9 Å². The minimum atomic E-state index is -4.21. The fraction of sp³-hybridized carbons (Fsp3) is 0.538. The molecule has 2 nitrogen and oxygen atoms in total. The summed E-state index contributed by atoms with van der Waals surface area (Å²) in [5.41, 5.74) is 6.71. The van der Waals surface area contributed by atoms with E-state index in [0.29, 0.717) is 6.42 Å². The van der Waals surface area contributed by atoms with E-state index in [1.807, 2.05) is 19.1 Å². The SMILES string of the molecule is CCC(N)C(OCCC(F)(F)F)c1ccc(Br)cc1. The molecule has 108 valence electrons. The molecule has 1 aromatic carbocycles. The number of hydrogen-bond donors (Lipinski definition) is 1. The lowest BCUT2D eigenvalue weighted by Gasteiger charge is -2.24. The van der Waals surface area contributed by atoms with Crippen LogP contribution in [0.1, 0.15) is 31.4 Å². The number of hydrogen-bond acceptors (Lipinski definition) is 2. The van der Waals surface area contributed by atoms with Crippen molar-refractivity contribution in [2.75, 3.05) is 6.61 Å². The average Bonchev–Trinajstić information content (AvgIpc) is 2.34. The van der Waals surface area contributed by atoms with Gasteiger partial charge in [-0.3, -0.25) is 0 Å². The van der Waals surface area contributed by atoms with Crippen LogP contribution in [-0.2, 0) is 4.74 Å². The molecule has 0 heterocycles. The molecular weight excluding hydrogens is 323 g/mol. The summed E-state index contributed by atoms with van der Waals surface area (Å²) in [6.45, 7) is 1.50. The van der Waals surface area contributed by atoms with E-state index in [4.69, 9.17) is 10.5 Å². The van der Waals surface area contributed by atoms with Crippen LogP contribution in [0.2, 0.25) is 0 Å². The minimum absolute atomic E-state index is 0.325. The van der Waals surface area contributed by atoms with Gasteiger partial charge in [0.25, 0.3) is 0 Å². The van der Waals surface area contributed by atoms with E-state index in [-0.39, 0.29) is 12.6 Å². The molecule has 0 saturated heterocycles. The summed E-state index contributed by atoms with van der Waals surface area (Å²) < 4.78 is 42.6. The Labute approximate surface area is 119 Å². The molecule has 0 spiro atoms. The predicted octanol–water partition coefficient (Wildman–Crippen LogP) is 4.20. The van der Waals surface area contributed by atoms with Gasteiger partial charge in [-0.2, -0.15) is 13.2 Å². The Morgan fingerprint density at radius 3 is 2.32 bits per heavy atom. The van der Waals surface area contributed by atoms with Crippen molar-refractivity contribution >= 4 is 15.9 Å². The molecule has 0 aromatic heterocycles. The highest BCUT2D eigenvalue weighted by Crippen LogP contribution is 2.26. The lowest BCUT2D eigenvalue weighted by atomic mass is 10.0. The maximum Gasteiger partial charge on any atom is 0.391 e. The molecule has 0 aliphatic rings. The lowest BCUT2D eigenvalue weighted by molar-refractivity contribution is -0.150. The first-order chi connectivity index (χ1) is 8.83. The van der Waals surface area contributed by atoms with Gasteiger partial charge in [-0.1, -0.05) is 35.0 Å². The third-order valence-electron chi connectivity index (χ3n) is 2.74. The second kappa shape index (κ2) is 7.26. The number of ether oxygens (including phenoxy) is 1. The molecule has 2 unspecified atom stereocenters. The van der Waals surface area contributed by atoms with Crippen molar-refractivity contribution in [3.63, 3.8) is 0 Å². The molecule has 2 N–H and O–H groups in total. The van der Waals surface area contributed by atoms with Crippen molar-refractivity contribution in [2.24, 2.45) is 5.73 Å². The largest absolute Gasteiger partial charge is 0.391 e. The van der Waals surface area contributed by atoms with Crippen molar-refractivity contribution in [1.82, 2.24) is 0 Å². The Balaban J connectivity index is 2.70. The van der Waals surface area contributed by atoms with Crippen molar-refractivity contribution in [1.29, 1.82) is 0 Å². The van der Waals surface area contributed by atoms with E-state index in [2.05, 4.69) is 15.9 Å². The standard InChI is InChI=1S/C13H17BrF3NO/c1-2-11(18)12(19-8-7-13(15,16)17)9-3-5-10(14)6-4-9/h3-6,11-12H,2,7-8,18H2,1H3. The number of benzene rings is 1. The molecule has 1 rings (SSSR count). The summed E-state index contributed by atoms with van der Waals surface area (Å²) in [5.74, 6) is 0. The highest BCUT2D eigenvalue weighted by Gasteiger charge is 2.28. The molecule has 1 aromatic rings. The van der Waals surface area contributed by atoms with E-state index in [1.54, 1.807) is 12.1 Å². The summed E-state index contributed by atoms with van der Waals surface area (Å²) >= 11 is 3.31. The van der Waals surface area contributed by atoms with E-state index < -0.39 is 18.7 Å². The zero-order chi connectivity index (χ0) is 14.5. The van der Waals surface area contributed by atoms with Gasteiger partial charge in [-0.05, 0) is 24.1 Å². The van der Waals surface area contributed by atoms with Gasteiger partial charge in [-0.15, -0.1) is 0 Å². The fourth-order valence-corrected chi connectivity index (χ4v) is 1.90. The second-order valence-electron chi connectivity index (χ2n) is 4.28. The first-order valence-corrected chi connectivity index (χ1v) is 6.82. The van der Waals surface area contributed by atoms with Crippen molar-refractivity contribution in [3.05, 3.63) is 34.3 Å². The third-order valence-corrected chi connectivity index (χ3v) is 3.27. The van der Waals surface area contributed by atoms with Gasteiger partial charge in [0, 0.05) is 10.5 Å². The van der Waals surface area contributed by atoms with Crippen LogP contribution in [0.25, 0.3) is 0 Å². The first-order valence-electron chi connectivity index (χ1n) is 6.03. The number of rotatable bonds is 6. The molecule has 6 heteroatoms. The maximum absolute atomic E-state index is 12.1. The molecule has 0 aliphatic heterocycles. The Morgan fingerprint density at radius 1 is 1.26 bits per heavy atom. The van der Waals surface area contributed by atoms with Crippen LogP contribution in [0, 0.1) is 0 Å². The third kappa shape index (κ3) is 5.93. The molecule has 0 amide bonds. The van der Waals surface area contributed by atoms with Crippen LogP contribution < -0.4 is 5.73 Å². The summed E-state index contributed by atoms with van der Waals surface area (Å²) in [6.07, 6.45) is -5.05. The van der Waals surface area contributed by atoms with Crippen molar-refractivity contribution in [2.45, 2.75) is 38.1 Å². The van der Waals surface area contributed by atoms with Gasteiger partial charge in [0.05, 0.1) is 19.1 Å². The van der Waals surface area contributed by atoms with Gasteiger partial charge in [-0.25, -0.2) is 0 Å². The number of halogens is 4. The monoisotopic (exact) mass is 339 g/mol. The Bertz CT molecular complexity index is 380. The minimum Gasteiger partial charge on any atom is -0.372 e. The summed E-state index contributed by atoms with van der Waals surface area (Å²) in [5, 5.41) is 0. The second-order valence-corrected chi connectivity index (χ2v) is 5.20. The summed E-state index contributed by atoms with van der Waals surface area (Å²) in [4.78, 5) is 0. The molecule has 19 heavy (non-hydrogen) atoms. The number of alkyl halides is 3. The maximum atomic E-state index is 12.1. The van der Waals surface area contributed by atoms with Gasteiger partial charge in [0.15, 0.2) is 0 Å². The normalized spacial score (nSPS) is 15.3. The van der Waals surface area contributed by atoms with E-state index in [1.165, 1.54) is 0 Å². The molecule has 0 aliphatic carbocycles. The van der Waals surface area contributed by atoms with Gasteiger partial charge in [0.2, 0.25) is 0 Å². The van der Waals surface area contributed by atoms with Crippen molar-refractivity contribution in [3.8, 4) is 0 Å². The van der Waals surface area contributed by atoms with Gasteiger partial charge in [0.1, 0.15) is 0 Å². The van der Waals surface area contributed by atoms with E-state index in [0.717, 1.165) is 10.0 Å². The zero-order valence-corrected chi connectivity index (χ0v) is 12.2.